The maximum absolute atomic E-state index is 11.2. The molecule has 0 amide bonds. The fourth-order valence-corrected chi connectivity index (χ4v) is 3.37. The highest BCUT2D eigenvalue weighted by molar-refractivity contribution is 5.52. The van der Waals surface area contributed by atoms with Gasteiger partial charge in [-0.3, -0.25) is 10.1 Å². The number of nitrogen functional groups attached to an aromatic ring is 1. The van der Waals surface area contributed by atoms with Crippen molar-refractivity contribution < 1.29 is 4.92 Å². The molecule has 2 N–H and O–H groups in total. The van der Waals surface area contributed by atoms with Gasteiger partial charge in [-0.1, -0.05) is 0 Å². The van der Waals surface area contributed by atoms with Crippen LogP contribution in [0.2, 0.25) is 0 Å². The number of benzene rings is 2. The zero-order valence-corrected chi connectivity index (χ0v) is 13.0. The number of aryl methyl sites for hydroxylation is 4. The van der Waals surface area contributed by atoms with Gasteiger partial charge in [0.1, 0.15) is 0 Å². The summed E-state index contributed by atoms with van der Waals surface area (Å²) < 4.78 is 0. The fourth-order valence-electron chi connectivity index (χ4n) is 3.37. The molecule has 0 fully saturated rings. The Hall–Kier alpha value is -2.36. The molecule has 2 aromatic rings. The lowest BCUT2D eigenvalue weighted by molar-refractivity contribution is -0.385. The highest BCUT2D eigenvalue weighted by Gasteiger charge is 2.17. The normalized spacial score (nSPS) is 13.7. The third kappa shape index (κ3) is 2.56. The molecule has 0 spiro atoms. The molecule has 0 heterocycles. The van der Waals surface area contributed by atoms with Crippen molar-refractivity contribution in [3.05, 3.63) is 67.8 Å². The number of hydrogen-bond donors (Lipinski definition) is 1. The Morgan fingerprint density at radius 3 is 1.59 bits per heavy atom. The van der Waals surface area contributed by atoms with Crippen LogP contribution in [0.1, 0.15) is 33.4 Å². The van der Waals surface area contributed by atoms with E-state index in [-0.39, 0.29) is 10.6 Å². The number of hydrogen-bond acceptors (Lipinski definition) is 3. The average molecular weight is 296 g/mol. The molecule has 1 aliphatic rings. The molecule has 22 heavy (non-hydrogen) atoms. The van der Waals surface area contributed by atoms with E-state index < -0.39 is 0 Å². The van der Waals surface area contributed by atoms with Crippen LogP contribution in [-0.4, -0.2) is 4.92 Å². The lowest BCUT2D eigenvalue weighted by Gasteiger charge is -2.18. The van der Waals surface area contributed by atoms with Crippen LogP contribution >= 0.6 is 0 Å². The minimum absolute atomic E-state index is 0.205. The summed E-state index contributed by atoms with van der Waals surface area (Å²) in [5, 5.41) is 11.2. The molecular formula is C18H20N2O2. The first-order chi connectivity index (χ1) is 10.5. The van der Waals surface area contributed by atoms with E-state index >= 15 is 0 Å². The summed E-state index contributed by atoms with van der Waals surface area (Å²) in [5.74, 6) is 0. The van der Waals surface area contributed by atoms with Crippen molar-refractivity contribution in [1.29, 1.82) is 0 Å². The number of fused-ring (bicyclic) bond motifs is 4. The first-order valence-electron chi connectivity index (χ1n) is 7.60. The molecule has 0 aliphatic heterocycles. The molecule has 114 valence electrons. The van der Waals surface area contributed by atoms with Crippen LogP contribution in [0.5, 0.6) is 0 Å². The molecule has 4 heteroatoms. The van der Waals surface area contributed by atoms with Crippen LogP contribution < -0.4 is 5.73 Å². The van der Waals surface area contributed by atoms with Gasteiger partial charge in [0.2, 0.25) is 0 Å². The maximum atomic E-state index is 11.2. The predicted molar refractivity (Wildman–Crippen MR) is 88.2 cm³/mol. The molecule has 4 bridgehead atoms. The Kier molecular flexibility index (Phi) is 3.61. The first kappa shape index (κ1) is 14.6. The van der Waals surface area contributed by atoms with Crippen molar-refractivity contribution in [1.82, 2.24) is 0 Å². The Balaban J connectivity index is 2.11. The molecule has 0 unspecified atom stereocenters. The van der Waals surface area contributed by atoms with Gasteiger partial charge in [0.15, 0.2) is 0 Å². The maximum Gasteiger partial charge on any atom is 0.269 e. The van der Waals surface area contributed by atoms with E-state index in [1.165, 1.54) is 22.3 Å². The van der Waals surface area contributed by atoms with Crippen molar-refractivity contribution in [3.63, 3.8) is 0 Å². The highest BCUT2D eigenvalue weighted by Crippen LogP contribution is 2.29. The largest absolute Gasteiger partial charge is 0.399 e. The van der Waals surface area contributed by atoms with Gasteiger partial charge >= 0.3 is 0 Å². The molecule has 0 radical (unpaired) electrons. The van der Waals surface area contributed by atoms with Crippen molar-refractivity contribution in [2.75, 3.05) is 5.73 Å². The summed E-state index contributed by atoms with van der Waals surface area (Å²) in [6.07, 6.45) is 3.35. The summed E-state index contributed by atoms with van der Waals surface area (Å²) in [5.41, 5.74) is 14.2. The molecule has 0 saturated heterocycles. The lowest BCUT2D eigenvalue weighted by Crippen LogP contribution is -2.08. The standard InChI is InChI=1S/C18H20N2O2/c1-11-13-3-5-15-9-18(20(21)22)10-16(12(15)2)6-4-14(11)8-17(19)7-13/h7-10H,3-6,19H2,1-2H3. The van der Waals surface area contributed by atoms with Crippen LogP contribution in [0, 0.1) is 24.0 Å². The average Bonchev–Trinajstić information content (AvgIpc) is 2.47. The Labute approximate surface area is 130 Å². The third-order valence-corrected chi connectivity index (χ3v) is 4.79. The van der Waals surface area contributed by atoms with Gasteiger partial charge in [-0.2, -0.15) is 0 Å². The number of non-ortho nitro benzene ring substituents is 1. The Bertz CT molecular complexity index is 716. The van der Waals surface area contributed by atoms with Gasteiger partial charge in [-0.25, -0.2) is 0 Å². The second-order valence-electron chi connectivity index (χ2n) is 6.11. The van der Waals surface area contributed by atoms with Crippen LogP contribution in [0.25, 0.3) is 0 Å². The van der Waals surface area contributed by atoms with Gasteiger partial charge in [0, 0.05) is 17.8 Å². The summed E-state index contributed by atoms with van der Waals surface area (Å²) >= 11 is 0. The zero-order chi connectivity index (χ0) is 15.9. The van der Waals surface area contributed by atoms with Crippen LogP contribution in [-0.2, 0) is 25.7 Å². The van der Waals surface area contributed by atoms with E-state index in [1.807, 2.05) is 12.1 Å². The molecule has 0 atom stereocenters. The van der Waals surface area contributed by atoms with E-state index in [0.29, 0.717) is 0 Å². The summed E-state index contributed by atoms with van der Waals surface area (Å²) in [6.45, 7) is 4.22. The molecular weight excluding hydrogens is 276 g/mol. The van der Waals surface area contributed by atoms with Crippen molar-refractivity contribution in [2.45, 2.75) is 39.5 Å². The van der Waals surface area contributed by atoms with E-state index in [0.717, 1.165) is 42.5 Å². The number of anilines is 1. The first-order valence-corrected chi connectivity index (χ1v) is 7.60. The molecule has 0 saturated carbocycles. The molecule has 0 aromatic heterocycles. The van der Waals surface area contributed by atoms with Crippen LogP contribution in [0.3, 0.4) is 0 Å². The monoisotopic (exact) mass is 296 g/mol. The quantitative estimate of drug-likeness (QED) is 0.496. The molecule has 1 aliphatic carbocycles. The predicted octanol–water partition coefficient (Wildman–Crippen LogP) is 3.68. The van der Waals surface area contributed by atoms with Crippen LogP contribution in [0.4, 0.5) is 11.4 Å². The lowest BCUT2D eigenvalue weighted by atomic mass is 9.87. The number of nitro groups is 1. The second-order valence-corrected chi connectivity index (χ2v) is 6.11. The van der Waals surface area contributed by atoms with Gasteiger partial charge in [-0.15, -0.1) is 0 Å². The number of nitrogens with two attached hydrogens (primary N) is 1. The minimum Gasteiger partial charge on any atom is -0.399 e. The van der Waals surface area contributed by atoms with Crippen molar-refractivity contribution in [3.8, 4) is 0 Å². The van der Waals surface area contributed by atoms with E-state index in [9.17, 15) is 10.1 Å². The van der Waals surface area contributed by atoms with Gasteiger partial charge in [0.25, 0.3) is 5.69 Å². The zero-order valence-electron chi connectivity index (χ0n) is 13.0. The molecule has 2 aromatic carbocycles. The second kappa shape index (κ2) is 5.44. The van der Waals surface area contributed by atoms with Crippen molar-refractivity contribution >= 4 is 11.4 Å². The van der Waals surface area contributed by atoms with Crippen LogP contribution in [0.15, 0.2) is 24.3 Å². The molecule has 4 nitrogen and oxygen atoms in total. The Morgan fingerprint density at radius 1 is 0.864 bits per heavy atom. The van der Waals surface area contributed by atoms with Crippen molar-refractivity contribution in [2.24, 2.45) is 0 Å². The molecule has 3 rings (SSSR count). The third-order valence-electron chi connectivity index (χ3n) is 4.79. The van der Waals surface area contributed by atoms with E-state index in [1.54, 1.807) is 12.1 Å². The summed E-state index contributed by atoms with van der Waals surface area (Å²) in [4.78, 5) is 10.9. The number of rotatable bonds is 1. The highest BCUT2D eigenvalue weighted by atomic mass is 16.6. The van der Waals surface area contributed by atoms with Gasteiger partial charge in [0.05, 0.1) is 4.92 Å². The van der Waals surface area contributed by atoms with E-state index in [2.05, 4.69) is 13.8 Å². The summed E-state index contributed by atoms with van der Waals surface area (Å²) in [7, 11) is 0. The minimum atomic E-state index is -0.291. The SMILES string of the molecule is Cc1c2cc(N)cc1CCc1cc([N+](=O)[O-])cc(c1C)CC2. The Morgan fingerprint density at radius 2 is 1.23 bits per heavy atom. The fraction of sp³-hybridized carbons (Fsp3) is 0.333. The number of nitro benzene ring substituents is 1. The topological polar surface area (TPSA) is 69.2 Å². The smallest absolute Gasteiger partial charge is 0.269 e. The summed E-state index contributed by atoms with van der Waals surface area (Å²) in [6, 6.07) is 7.52. The van der Waals surface area contributed by atoms with Gasteiger partial charge in [-0.05, 0) is 85.0 Å². The number of nitrogens with zero attached hydrogens (tertiary/aromatic N) is 1. The van der Waals surface area contributed by atoms with Gasteiger partial charge < -0.3 is 5.73 Å². The van der Waals surface area contributed by atoms with E-state index in [4.69, 9.17) is 5.73 Å².